The van der Waals surface area contributed by atoms with Crippen molar-refractivity contribution in [2.45, 2.75) is 45.6 Å². The topological polar surface area (TPSA) is 56.7 Å². The Labute approximate surface area is 189 Å². The lowest BCUT2D eigenvalue weighted by Crippen LogP contribution is -2.42. The molecule has 0 bridgehead atoms. The molecule has 1 amide bonds. The first-order valence-corrected chi connectivity index (χ1v) is 11.7. The number of anilines is 1. The van der Waals surface area contributed by atoms with Gasteiger partial charge in [0.25, 0.3) is 0 Å². The number of hydrogen-bond donors (Lipinski definition) is 1. The van der Waals surface area contributed by atoms with Gasteiger partial charge in [0.05, 0.1) is 6.04 Å². The third-order valence-corrected chi connectivity index (χ3v) is 7.30. The highest BCUT2D eigenvalue weighted by molar-refractivity contribution is 5.85. The quantitative estimate of drug-likeness (QED) is 0.627. The van der Waals surface area contributed by atoms with Gasteiger partial charge in [-0.25, -0.2) is 4.98 Å². The molecule has 2 aliphatic heterocycles. The number of aromatic hydroxyl groups is 1. The van der Waals surface area contributed by atoms with Crippen molar-refractivity contribution in [1.29, 1.82) is 0 Å². The molecule has 0 aliphatic carbocycles. The number of phenolic OH excluding ortho intramolecular Hbond substituents is 1. The Morgan fingerprint density at radius 2 is 1.78 bits per heavy atom. The summed E-state index contributed by atoms with van der Waals surface area (Å²) in [6, 6.07) is 16.3. The summed E-state index contributed by atoms with van der Waals surface area (Å²) in [6.45, 7) is 6.77. The fourth-order valence-electron chi connectivity index (χ4n) is 5.24. The maximum Gasteiger partial charge on any atom is 0.226 e. The summed E-state index contributed by atoms with van der Waals surface area (Å²) >= 11 is 0. The first-order chi connectivity index (χ1) is 15.5. The van der Waals surface area contributed by atoms with Gasteiger partial charge in [0, 0.05) is 30.9 Å². The molecule has 2 fully saturated rings. The standard InChI is InChI=1S/C27H31N3O2/c1-18-8-9-22(17-19(18)2)23-6-4-14-30(23)27(32)21-12-15-29(16-13-21)25-11-10-20-5-3-7-24(31)26(20)28-25/h3,5,7-11,17,21,23,31H,4,6,12-16H2,1-2H3. The van der Waals surface area contributed by atoms with Crippen LogP contribution < -0.4 is 4.90 Å². The molecule has 0 radical (unpaired) electrons. The average molecular weight is 430 g/mol. The van der Waals surface area contributed by atoms with Crippen molar-refractivity contribution in [3.63, 3.8) is 0 Å². The number of amides is 1. The van der Waals surface area contributed by atoms with Crippen LogP contribution in [0.3, 0.4) is 0 Å². The van der Waals surface area contributed by atoms with Crippen LogP contribution in [0.1, 0.15) is 48.4 Å². The number of phenols is 1. The van der Waals surface area contributed by atoms with Gasteiger partial charge in [-0.1, -0.05) is 30.3 Å². The molecule has 2 aromatic carbocycles. The number of rotatable bonds is 3. The third-order valence-electron chi connectivity index (χ3n) is 7.30. The van der Waals surface area contributed by atoms with Gasteiger partial charge in [0.1, 0.15) is 17.1 Å². The van der Waals surface area contributed by atoms with Crippen LogP contribution in [0.4, 0.5) is 5.82 Å². The van der Waals surface area contributed by atoms with Crippen molar-refractivity contribution in [3.05, 3.63) is 65.2 Å². The molecule has 5 rings (SSSR count). The Morgan fingerprint density at radius 3 is 2.56 bits per heavy atom. The second-order valence-corrected chi connectivity index (χ2v) is 9.31. The van der Waals surface area contributed by atoms with E-state index in [4.69, 9.17) is 4.98 Å². The monoisotopic (exact) mass is 429 g/mol. The van der Waals surface area contributed by atoms with E-state index in [0.29, 0.717) is 11.4 Å². The third kappa shape index (κ3) is 3.81. The van der Waals surface area contributed by atoms with Crippen molar-refractivity contribution in [2.75, 3.05) is 24.5 Å². The van der Waals surface area contributed by atoms with Crippen LogP contribution in [0.5, 0.6) is 5.75 Å². The number of piperidine rings is 1. The van der Waals surface area contributed by atoms with Crippen molar-refractivity contribution >= 4 is 22.6 Å². The van der Waals surface area contributed by atoms with E-state index in [1.54, 1.807) is 6.07 Å². The summed E-state index contributed by atoms with van der Waals surface area (Å²) in [4.78, 5) is 22.5. The Kier molecular flexibility index (Phi) is 5.50. The number of fused-ring (bicyclic) bond motifs is 1. The average Bonchev–Trinajstić information content (AvgIpc) is 3.31. The predicted octanol–water partition coefficient (Wildman–Crippen LogP) is 5.14. The molecule has 3 aromatic rings. The molecule has 2 aliphatic rings. The van der Waals surface area contributed by atoms with Gasteiger partial charge in [-0.15, -0.1) is 0 Å². The fraction of sp³-hybridized carbons (Fsp3) is 0.407. The number of benzene rings is 2. The van der Waals surface area contributed by atoms with E-state index in [1.165, 1.54) is 16.7 Å². The molecular formula is C27H31N3O2. The molecule has 166 valence electrons. The number of carbonyl (C=O) groups excluding carboxylic acids is 1. The summed E-state index contributed by atoms with van der Waals surface area (Å²) in [5, 5.41) is 11.1. The van der Waals surface area contributed by atoms with E-state index in [1.807, 2.05) is 24.3 Å². The zero-order chi connectivity index (χ0) is 22.2. The number of nitrogens with zero attached hydrogens (tertiary/aromatic N) is 3. The smallest absolute Gasteiger partial charge is 0.226 e. The largest absolute Gasteiger partial charge is 0.506 e. The van der Waals surface area contributed by atoms with Crippen LogP contribution in [-0.4, -0.2) is 40.5 Å². The number of aryl methyl sites for hydroxylation is 2. The van der Waals surface area contributed by atoms with Gasteiger partial charge < -0.3 is 14.9 Å². The molecule has 32 heavy (non-hydrogen) atoms. The summed E-state index contributed by atoms with van der Waals surface area (Å²) in [6.07, 6.45) is 3.81. The van der Waals surface area contributed by atoms with Crippen molar-refractivity contribution < 1.29 is 9.90 Å². The number of aromatic nitrogens is 1. The van der Waals surface area contributed by atoms with Gasteiger partial charge in [-0.05, 0) is 74.4 Å². The van der Waals surface area contributed by atoms with E-state index >= 15 is 0 Å². The fourth-order valence-corrected chi connectivity index (χ4v) is 5.24. The maximum absolute atomic E-state index is 13.5. The molecule has 2 saturated heterocycles. The van der Waals surface area contributed by atoms with Crippen LogP contribution in [0.15, 0.2) is 48.5 Å². The Morgan fingerprint density at radius 1 is 0.969 bits per heavy atom. The van der Waals surface area contributed by atoms with Crippen LogP contribution in [0, 0.1) is 19.8 Å². The summed E-state index contributed by atoms with van der Waals surface area (Å²) in [5.41, 5.74) is 4.50. The van der Waals surface area contributed by atoms with Crippen LogP contribution in [0.25, 0.3) is 10.9 Å². The van der Waals surface area contributed by atoms with Gasteiger partial charge in [-0.3, -0.25) is 4.79 Å². The summed E-state index contributed by atoms with van der Waals surface area (Å²) < 4.78 is 0. The number of para-hydroxylation sites is 1. The van der Waals surface area contributed by atoms with E-state index < -0.39 is 0 Å². The Hall–Kier alpha value is -3.08. The highest BCUT2D eigenvalue weighted by Crippen LogP contribution is 2.36. The van der Waals surface area contributed by atoms with Crippen molar-refractivity contribution in [2.24, 2.45) is 5.92 Å². The summed E-state index contributed by atoms with van der Waals surface area (Å²) in [5.74, 6) is 1.47. The van der Waals surface area contributed by atoms with E-state index in [0.717, 1.165) is 56.5 Å². The maximum atomic E-state index is 13.5. The molecule has 0 saturated carbocycles. The summed E-state index contributed by atoms with van der Waals surface area (Å²) in [7, 11) is 0. The zero-order valence-electron chi connectivity index (χ0n) is 18.9. The minimum Gasteiger partial charge on any atom is -0.506 e. The van der Waals surface area contributed by atoms with Crippen molar-refractivity contribution in [3.8, 4) is 5.75 Å². The lowest BCUT2D eigenvalue weighted by molar-refractivity contribution is -0.137. The molecule has 3 heterocycles. The molecular weight excluding hydrogens is 398 g/mol. The van der Waals surface area contributed by atoms with Crippen molar-refractivity contribution in [1.82, 2.24) is 9.88 Å². The number of hydrogen-bond acceptors (Lipinski definition) is 4. The van der Waals surface area contributed by atoms with Crippen LogP contribution >= 0.6 is 0 Å². The Bertz CT molecular complexity index is 1150. The van der Waals surface area contributed by atoms with Crippen LogP contribution in [0.2, 0.25) is 0 Å². The first-order valence-electron chi connectivity index (χ1n) is 11.7. The normalized spacial score (nSPS) is 19.6. The van der Waals surface area contributed by atoms with Gasteiger partial charge in [0.15, 0.2) is 0 Å². The lowest BCUT2D eigenvalue weighted by atomic mass is 9.93. The molecule has 0 spiro atoms. The number of pyridine rings is 1. The number of carbonyl (C=O) groups is 1. The highest BCUT2D eigenvalue weighted by Gasteiger charge is 2.35. The SMILES string of the molecule is Cc1ccc(C2CCCN2C(=O)C2CCN(c3ccc4cccc(O)c4n3)CC2)cc1C. The zero-order valence-corrected chi connectivity index (χ0v) is 18.9. The van der Waals surface area contributed by atoms with E-state index in [-0.39, 0.29) is 17.7 Å². The molecule has 1 atom stereocenters. The van der Waals surface area contributed by atoms with Crippen LogP contribution in [-0.2, 0) is 4.79 Å². The molecule has 1 N–H and O–H groups in total. The van der Waals surface area contributed by atoms with E-state index in [2.05, 4.69) is 41.8 Å². The van der Waals surface area contributed by atoms with Gasteiger partial charge >= 0.3 is 0 Å². The minimum absolute atomic E-state index is 0.0762. The van der Waals surface area contributed by atoms with Gasteiger partial charge in [0.2, 0.25) is 5.91 Å². The highest BCUT2D eigenvalue weighted by atomic mass is 16.3. The molecule has 1 unspecified atom stereocenters. The van der Waals surface area contributed by atoms with Gasteiger partial charge in [-0.2, -0.15) is 0 Å². The lowest BCUT2D eigenvalue weighted by Gasteiger charge is -2.35. The Balaban J connectivity index is 1.27. The molecule has 5 nitrogen and oxygen atoms in total. The second-order valence-electron chi connectivity index (χ2n) is 9.31. The second kappa shape index (κ2) is 8.45. The number of likely N-dealkylation sites (tertiary alicyclic amines) is 1. The minimum atomic E-state index is 0.0762. The molecule has 1 aromatic heterocycles. The molecule has 5 heteroatoms. The first kappa shape index (κ1) is 20.8. The van der Waals surface area contributed by atoms with E-state index in [9.17, 15) is 9.90 Å². The predicted molar refractivity (Wildman–Crippen MR) is 128 cm³/mol.